The second-order valence-corrected chi connectivity index (χ2v) is 6.96. The van der Waals surface area contributed by atoms with E-state index in [2.05, 4.69) is 6.07 Å². The first kappa shape index (κ1) is 19.8. The molecule has 1 amide bonds. The van der Waals surface area contributed by atoms with Gasteiger partial charge >= 0.3 is 0 Å². The van der Waals surface area contributed by atoms with Crippen LogP contribution in [0.5, 0.6) is 0 Å². The highest BCUT2D eigenvalue weighted by atomic mass is 35.5. The summed E-state index contributed by atoms with van der Waals surface area (Å²) in [5, 5.41) is 9.58. The molecule has 1 unspecified atom stereocenters. The standard InChI is InChI=1S/C22H23ClN2O/c1-5-13(2)21(22(25)26)15(4)19-10-18(23)11-20(14(19)3)17-8-6-16(12-24)7-9-17/h6-11,13H,5H2,1-4H3,(H2,25,26). The van der Waals surface area contributed by atoms with E-state index in [1.165, 1.54) is 0 Å². The Morgan fingerprint density at radius 1 is 1.27 bits per heavy atom. The van der Waals surface area contributed by atoms with Gasteiger partial charge in [0.05, 0.1) is 11.6 Å². The SMILES string of the molecule is CCC(C)C(C(N)=O)=C(C)c1cc(Cl)cc(-c2ccc(C#N)cc2)c1C. The summed E-state index contributed by atoms with van der Waals surface area (Å²) >= 11 is 6.38. The Morgan fingerprint density at radius 2 is 1.88 bits per heavy atom. The average Bonchev–Trinajstić information content (AvgIpc) is 2.62. The molecule has 2 N–H and O–H groups in total. The molecule has 4 heteroatoms. The van der Waals surface area contributed by atoms with E-state index in [1.807, 2.05) is 52.0 Å². The third-order valence-corrected chi connectivity index (χ3v) is 5.09. The summed E-state index contributed by atoms with van der Waals surface area (Å²) in [5.74, 6) is -0.319. The molecule has 0 fully saturated rings. The molecule has 0 aliphatic rings. The van der Waals surface area contributed by atoms with E-state index in [0.29, 0.717) is 16.2 Å². The van der Waals surface area contributed by atoms with E-state index in [4.69, 9.17) is 22.6 Å². The highest BCUT2D eigenvalue weighted by molar-refractivity contribution is 6.31. The number of halogens is 1. The number of hydrogen-bond donors (Lipinski definition) is 1. The number of hydrogen-bond acceptors (Lipinski definition) is 2. The van der Waals surface area contributed by atoms with E-state index in [0.717, 1.165) is 34.2 Å². The summed E-state index contributed by atoms with van der Waals surface area (Å²) in [6.07, 6.45) is 0.831. The van der Waals surface area contributed by atoms with Gasteiger partial charge in [-0.1, -0.05) is 37.6 Å². The van der Waals surface area contributed by atoms with E-state index >= 15 is 0 Å². The van der Waals surface area contributed by atoms with Crippen LogP contribution in [0.25, 0.3) is 16.7 Å². The number of carbonyl (C=O) groups excluding carboxylic acids is 1. The summed E-state index contributed by atoms with van der Waals surface area (Å²) in [5.41, 5.74) is 11.7. The van der Waals surface area contributed by atoms with Crippen molar-refractivity contribution < 1.29 is 4.79 Å². The zero-order valence-electron chi connectivity index (χ0n) is 15.6. The molecule has 0 aliphatic heterocycles. The molecule has 0 aromatic heterocycles. The van der Waals surface area contributed by atoms with Crippen molar-refractivity contribution in [3.63, 3.8) is 0 Å². The second kappa shape index (κ2) is 8.21. The maximum atomic E-state index is 12.0. The molecule has 134 valence electrons. The Balaban J connectivity index is 2.69. The Bertz CT molecular complexity index is 905. The maximum Gasteiger partial charge on any atom is 0.245 e. The zero-order chi connectivity index (χ0) is 19.4. The Kier molecular flexibility index (Phi) is 6.23. The number of nitriles is 1. The number of primary amides is 1. The monoisotopic (exact) mass is 366 g/mol. The minimum absolute atomic E-state index is 0.0734. The lowest BCUT2D eigenvalue weighted by atomic mass is 9.86. The smallest absolute Gasteiger partial charge is 0.245 e. The highest BCUT2D eigenvalue weighted by Crippen LogP contribution is 2.35. The van der Waals surface area contributed by atoms with Crippen LogP contribution in [0.4, 0.5) is 0 Å². The predicted octanol–water partition coefficient (Wildman–Crippen LogP) is 5.49. The number of amides is 1. The number of nitrogens with two attached hydrogens (primary N) is 1. The number of carbonyl (C=O) groups is 1. The minimum Gasteiger partial charge on any atom is -0.366 e. The Labute approximate surface area is 160 Å². The van der Waals surface area contributed by atoms with Crippen LogP contribution >= 0.6 is 11.6 Å². The lowest BCUT2D eigenvalue weighted by Gasteiger charge is -2.19. The lowest BCUT2D eigenvalue weighted by Crippen LogP contribution is -2.20. The van der Waals surface area contributed by atoms with E-state index < -0.39 is 5.91 Å². The van der Waals surface area contributed by atoms with Gasteiger partial charge in [0.2, 0.25) is 5.91 Å². The molecule has 0 radical (unpaired) electrons. The zero-order valence-corrected chi connectivity index (χ0v) is 16.3. The van der Waals surface area contributed by atoms with Gasteiger partial charge in [-0.2, -0.15) is 5.26 Å². The van der Waals surface area contributed by atoms with Crippen LogP contribution < -0.4 is 5.73 Å². The van der Waals surface area contributed by atoms with Gasteiger partial charge in [-0.25, -0.2) is 0 Å². The minimum atomic E-state index is -0.392. The predicted molar refractivity (Wildman–Crippen MR) is 108 cm³/mol. The van der Waals surface area contributed by atoms with Gasteiger partial charge in [-0.3, -0.25) is 4.79 Å². The number of nitrogens with zero attached hydrogens (tertiary/aromatic N) is 1. The number of benzene rings is 2. The molecule has 2 aromatic carbocycles. The molecule has 3 nitrogen and oxygen atoms in total. The molecule has 0 saturated heterocycles. The van der Waals surface area contributed by atoms with Gasteiger partial charge < -0.3 is 5.73 Å². The first-order valence-electron chi connectivity index (χ1n) is 8.61. The Morgan fingerprint density at radius 3 is 2.38 bits per heavy atom. The topological polar surface area (TPSA) is 66.9 Å². The largest absolute Gasteiger partial charge is 0.366 e. The van der Waals surface area contributed by atoms with Crippen molar-refractivity contribution in [3.05, 3.63) is 63.7 Å². The highest BCUT2D eigenvalue weighted by Gasteiger charge is 2.19. The van der Waals surface area contributed by atoms with Crippen molar-refractivity contribution >= 4 is 23.1 Å². The molecule has 0 spiro atoms. The number of rotatable bonds is 5. The van der Waals surface area contributed by atoms with Gasteiger partial charge in [-0.05, 0) is 78.3 Å². The van der Waals surface area contributed by atoms with Crippen LogP contribution in [0, 0.1) is 24.2 Å². The second-order valence-electron chi connectivity index (χ2n) is 6.53. The Hall–Kier alpha value is -2.57. The van der Waals surface area contributed by atoms with Crippen LogP contribution in [0.3, 0.4) is 0 Å². The van der Waals surface area contributed by atoms with Gasteiger partial charge in [0, 0.05) is 10.6 Å². The van der Waals surface area contributed by atoms with Crippen LogP contribution in [-0.2, 0) is 4.79 Å². The van der Waals surface area contributed by atoms with Crippen LogP contribution in [-0.4, -0.2) is 5.91 Å². The van der Waals surface area contributed by atoms with Crippen LogP contribution in [0.1, 0.15) is 43.9 Å². The third kappa shape index (κ3) is 3.98. The van der Waals surface area contributed by atoms with Crippen molar-refractivity contribution in [2.75, 3.05) is 0 Å². The van der Waals surface area contributed by atoms with Crippen molar-refractivity contribution in [3.8, 4) is 17.2 Å². The van der Waals surface area contributed by atoms with Crippen LogP contribution in [0.2, 0.25) is 5.02 Å². The van der Waals surface area contributed by atoms with Gasteiger partial charge in [0.15, 0.2) is 0 Å². The summed E-state index contributed by atoms with van der Waals surface area (Å²) in [6.45, 7) is 7.98. The van der Waals surface area contributed by atoms with Gasteiger partial charge in [0.25, 0.3) is 0 Å². The molecule has 2 rings (SSSR count). The first-order chi connectivity index (χ1) is 12.3. The van der Waals surface area contributed by atoms with Crippen LogP contribution in [0.15, 0.2) is 42.0 Å². The third-order valence-electron chi connectivity index (χ3n) is 4.88. The first-order valence-corrected chi connectivity index (χ1v) is 8.99. The lowest BCUT2D eigenvalue weighted by molar-refractivity contribution is -0.115. The molecule has 26 heavy (non-hydrogen) atoms. The van der Waals surface area contributed by atoms with Crippen molar-refractivity contribution in [1.82, 2.24) is 0 Å². The fourth-order valence-electron chi connectivity index (χ4n) is 3.24. The molecule has 0 heterocycles. The molecule has 0 aliphatic carbocycles. The summed E-state index contributed by atoms with van der Waals surface area (Å²) in [4.78, 5) is 12.0. The van der Waals surface area contributed by atoms with Gasteiger partial charge in [-0.15, -0.1) is 0 Å². The quantitative estimate of drug-likeness (QED) is 0.710. The van der Waals surface area contributed by atoms with Gasteiger partial charge in [0.1, 0.15) is 0 Å². The van der Waals surface area contributed by atoms with Crippen molar-refractivity contribution in [2.45, 2.75) is 34.1 Å². The van der Waals surface area contributed by atoms with Crippen molar-refractivity contribution in [2.24, 2.45) is 11.7 Å². The molecule has 0 bridgehead atoms. The molecule has 1 atom stereocenters. The average molecular weight is 367 g/mol. The van der Waals surface area contributed by atoms with E-state index in [1.54, 1.807) is 12.1 Å². The fourth-order valence-corrected chi connectivity index (χ4v) is 3.46. The summed E-state index contributed by atoms with van der Waals surface area (Å²) in [7, 11) is 0. The molecular formula is C22H23ClN2O. The molecular weight excluding hydrogens is 344 g/mol. The normalized spacial score (nSPS) is 12.9. The van der Waals surface area contributed by atoms with Crippen molar-refractivity contribution in [1.29, 1.82) is 5.26 Å². The maximum absolute atomic E-state index is 12.0. The van der Waals surface area contributed by atoms with E-state index in [9.17, 15) is 4.79 Å². The number of allylic oxidation sites excluding steroid dienone is 1. The fraction of sp³-hybridized carbons (Fsp3) is 0.273. The molecule has 2 aromatic rings. The van der Waals surface area contributed by atoms with E-state index in [-0.39, 0.29) is 5.92 Å². The summed E-state index contributed by atoms with van der Waals surface area (Å²) in [6, 6.07) is 13.3. The molecule has 0 saturated carbocycles. The summed E-state index contributed by atoms with van der Waals surface area (Å²) < 4.78 is 0.